The number of carbonyl (C=O) groups excluding carboxylic acids is 1. The molecule has 2 heterocycles. The highest BCUT2D eigenvalue weighted by Gasteiger charge is 2.32. The Morgan fingerprint density at radius 3 is 2.72 bits per heavy atom. The minimum atomic E-state index is -0.904. The number of imidazole rings is 1. The third-order valence-electron chi connectivity index (χ3n) is 5.39. The zero-order valence-corrected chi connectivity index (χ0v) is 15.9. The number of rotatable bonds is 4. The quantitative estimate of drug-likeness (QED) is 0.668. The minimum absolute atomic E-state index is 0.246. The molecule has 0 spiro atoms. The molecule has 0 N–H and O–H groups in total. The Labute approximate surface area is 166 Å². The molecule has 2 unspecified atom stereocenters. The Bertz CT molecular complexity index is 1190. The van der Waals surface area contributed by atoms with Crippen molar-refractivity contribution >= 4 is 16.9 Å². The summed E-state index contributed by atoms with van der Waals surface area (Å²) in [6, 6.07) is 13.1. The number of fused-ring (bicyclic) bond motifs is 3. The molecule has 1 aromatic heterocycles. The van der Waals surface area contributed by atoms with Crippen LogP contribution in [0.1, 0.15) is 35.1 Å². The van der Waals surface area contributed by atoms with Gasteiger partial charge in [-0.05, 0) is 49.4 Å². The number of nitriles is 1. The maximum Gasteiger partial charge on any atom is 0.256 e. The van der Waals surface area contributed by atoms with Gasteiger partial charge < -0.3 is 0 Å². The maximum absolute atomic E-state index is 13.6. The molecule has 4 rings (SSSR count). The lowest BCUT2D eigenvalue weighted by Gasteiger charge is -2.29. The molecule has 1 aliphatic heterocycles. The van der Waals surface area contributed by atoms with E-state index in [4.69, 9.17) is 0 Å². The van der Waals surface area contributed by atoms with E-state index in [0.29, 0.717) is 34.5 Å². The van der Waals surface area contributed by atoms with E-state index >= 15 is 0 Å². The number of likely N-dealkylation sites (N-methyl/N-ethyl adjacent to an activating group) is 1. The highest BCUT2D eigenvalue weighted by Crippen LogP contribution is 2.32. The second-order valence-electron chi connectivity index (χ2n) is 7.18. The zero-order chi connectivity index (χ0) is 20.7. The summed E-state index contributed by atoms with van der Waals surface area (Å²) in [4.78, 5) is 19.2. The number of hydrogen-bond donors (Lipinski definition) is 0. The molecule has 0 aliphatic carbocycles. The molecule has 0 amide bonds. The van der Waals surface area contributed by atoms with Gasteiger partial charge in [0.15, 0.2) is 11.6 Å². The van der Waals surface area contributed by atoms with Crippen LogP contribution in [0.25, 0.3) is 11.0 Å². The second kappa shape index (κ2) is 7.22. The van der Waals surface area contributed by atoms with Gasteiger partial charge >= 0.3 is 0 Å². The van der Waals surface area contributed by atoms with Crippen LogP contribution in [-0.4, -0.2) is 34.0 Å². The lowest BCUT2D eigenvalue weighted by Crippen LogP contribution is -2.30. The van der Waals surface area contributed by atoms with E-state index in [1.165, 1.54) is 16.7 Å². The zero-order valence-electron chi connectivity index (χ0n) is 15.9. The lowest BCUT2D eigenvalue weighted by atomic mass is 9.95. The molecule has 5 nitrogen and oxygen atoms in total. The molecule has 7 heteroatoms. The molecule has 146 valence electrons. The van der Waals surface area contributed by atoms with Gasteiger partial charge in [0.05, 0.1) is 17.1 Å². The lowest BCUT2D eigenvalue weighted by molar-refractivity contribution is 0.0963. The average molecular weight is 392 g/mol. The molecule has 0 saturated heterocycles. The number of halogens is 2. The summed E-state index contributed by atoms with van der Waals surface area (Å²) in [6.45, 7) is 2.17. The van der Waals surface area contributed by atoms with Crippen molar-refractivity contribution in [1.82, 2.24) is 14.5 Å². The number of aromatic nitrogens is 2. The van der Waals surface area contributed by atoms with Crippen molar-refractivity contribution in [2.75, 3.05) is 13.6 Å². The van der Waals surface area contributed by atoms with E-state index in [-0.39, 0.29) is 11.9 Å². The first-order valence-electron chi connectivity index (χ1n) is 9.17. The Hall–Kier alpha value is -3.37. The normalized spacial score (nSPS) is 17.2. The van der Waals surface area contributed by atoms with E-state index in [9.17, 15) is 18.8 Å². The molecule has 0 saturated carbocycles. The maximum atomic E-state index is 13.6. The van der Waals surface area contributed by atoms with Crippen molar-refractivity contribution in [1.29, 1.82) is 5.26 Å². The van der Waals surface area contributed by atoms with Gasteiger partial charge in [-0.2, -0.15) is 5.26 Å². The van der Waals surface area contributed by atoms with Crippen molar-refractivity contribution in [2.45, 2.75) is 18.9 Å². The Morgan fingerprint density at radius 1 is 1.24 bits per heavy atom. The Morgan fingerprint density at radius 2 is 2.00 bits per heavy atom. The van der Waals surface area contributed by atoms with Gasteiger partial charge in [-0.15, -0.1) is 0 Å². The van der Waals surface area contributed by atoms with Gasteiger partial charge in [0.2, 0.25) is 0 Å². The van der Waals surface area contributed by atoms with Gasteiger partial charge in [0, 0.05) is 18.7 Å². The summed E-state index contributed by atoms with van der Waals surface area (Å²) in [5.74, 6) is -2.31. The van der Waals surface area contributed by atoms with Crippen LogP contribution in [0.2, 0.25) is 0 Å². The molecule has 0 fully saturated rings. The third kappa shape index (κ3) is 3.22. The smallest absolute Gasteiger partial charge is 0.256 e. The molecule has 0 bridgehead atoms. The fraction of sp³-hybridized carbons (Fsp3) is 0.227. The monoisotopic (exact) mass is 392 g/mol. The number of benzene rings is 2. The summed E-state index contributed by atoms with van der Waals surface area (Å²) in [7, 11) is 1.81. The van der Waals surface area contributed by atoms with Crippen LogP contribution < -0.4 is 0 Å². The van der Waals surface area contributed by atoms with Crippen LogP contribution in [0, 0.1) is 23.0 Å². The molecule has 29 heavy (non-hydrogen) atoms. The first kappa shape index (κ1) is 19.0. The van der Waals surface area contributed by atoms with Crippen molar-refractivity contribution in [3.05, 3.63) is 77.1 Å². The van der Waals surface area contributed by atoms with Crippen LogP contribution in [0.5, 0.6) is 0 Å². The number of carbonyl (C=O) groups is 1. The average Bonchev–Trinajstić information content (AvgIpc) is 3.09. The van der Waals surface area contributed by atoms with E-state index in [1.807, 2.05) is 31.0 Å². The largest absolute Gasteiger partial charge is 0.296 e. The van der Waals surface area contributed by atoms with E-state index in [1.54, 1.807) is 12.1 Å². The minimum Gasteiger partial charge on any atom is -0.296 e. The first-order chi connectivity index (χ1) is 13.9. The van der Waals surface area contributed by atoms with Crippen LogP contribution in [-0.2, 0) is 0 Å². The summed E-state index contributed by atoms with van der Waals surface area (Å²) in [5, 5.41) is 9.79. The van der Waals surface area contributed by atoms with Crippen molar-refractivity contribution < 1.29 is 13.6 Å². The summed E-state index contributed by atoms with van der Waals surface area (Å²) >= 11 is 0. The summed E-state index contributed by atoms with van der Waals surface area (Å²) < 4.78 is 28.3. The second-order valence-corrected chi connectivity index (χ2v) is 7.18. The predicted octanol–water partition coefficient (Wildman–Crippen LogP) is 4.19. The van der Waals surface area contributed by atoms with Crippen LogP contribution in [0.3, 0.4) is 0 Å². The van der Waals surface area contributed by atoms with E-state index < -0.39 is 17.6 Å². The predicted molar refractivity (Wildman–Crippen MR) is 104 cm³/mol. The summed E-state index contributed by atoms with van der Waals surface area (Å²) in [6.07, 6.45) is 1.48. The van der Waals surface area contributed by atoms with Gasteiger partial charge in [0.25, 0.3) is 5.91 Å². The number of para-hydroxylation sites is 2. The highest BCUT2D eigenvalue weighted by atomic mass is 19.2. The van der Waals surface area contributed by atoms with Crippen molar-refractivity contribution in [3.63, 3.8) is 0 Å². The van der Waals surface area contributed by atoms with Crippen LogP contribution >= 0.6 is 0 Å². The number of allylic oxidation sites excluding steroid dienone is 1. The molecular weight excluding hydrogens is 374 g/mol. The fourth-order valence-electron chi connectivity index (χ4n) is 3.67. The third-order valence-corrected chi connectivity index (χ3v) is 5.39. The summed E-state index contributed by atoms with van der Waals surface area (Å²) in [5.41, 5.74) is 2.56. The van der Waals surface area contributed by atoms with E-state index in [2.05, 4.69) is 11.1 Å². The van der Waals surface area contributed by atoms with E-state index in [0.717, 1.165) is 12.1 Å². The molecule has 2 aromatic carbocycles. The Balaban J connectivity index is 1.64. The first-order valence-corrected chi connectivity index (χ1v) is 9.17. The Kier molecular flexibility index (Phi) is 4.73. The van der Waals surface area contributed by atoms with Crippen LogP contribution in [0.15, 0.2) is 54.1 Å². The number of nitrogens with zero attached hydrogens (tertiary/aromatic N) is 4. The topological polar surface area (TPSA) is 61.9 Å². The van der Waals surface area contributed by atoms with Crippen LogP contribution in [0.4, 0.5) is 8.78 Å². The van der Waals surface area contributed by atoms with Gasteiger partial charge in [-0.1, -0.05) is 18.2 Å². The highest BCUT2D eigenvalue weighted by molar-refractivity contribution is 5.99. The molecule has 2 atom stereocenters. The molecule has 3 aromatic rings. The van der Waals surface area contributed by atoms with Crippen molar-refractivity contribution in [2.24, 2.45) is 0 Å². The van der Waals surface area contributed by atoms with Crippen molar-refractivity contribution in [3.8, 4) is 6.07 Å². The molecule has 1 aliphatic rings. The standard InChI is InChI=1S/C22H18F2N4O/c1-13(14-7-8-17(23)18(24)9-14)27(2)12-15-10-21(29)28-20-6-4-3-5-19(20)26-22(28)16(15)11-25/h3-10,13,16H,12H2,1-2H3. The van der Waals surface area contributed by atoms with Gasteiger partial charge in [-0.3, -0.25) is 14.3 Å². The molecule has 0 radical (unpaired) electrons. The SMILES string of the molecule is CC(c1ccc(F)c(F)c1)N(C)CC1=CC(=O)n2c(nc3ccccc32)C1C#N. The van der Waals surface area contributed by atoms with Gasteiger partial charge in [0.1, 0.15) is 11.7 Å². The fourth-order valence-corrected chi connectivity index (χ4v) is 3.67. The molecular formula is C22H18F2N4O. The number of hydrogen-bond acceptors (Lipinski definition) is 4. The van der Waals surface area contributed by atoms with Gasteiger partial charge in [-0.25, -0.2) is 13.8 Å².